The standard InChI is InChI=1S/C16H20BrN3O2/c17-14-1-2-15-13(11-14)3-4-20(15)12-16(22)19-7-5-18(6-8-19)9-10-21/h1-4,11,21H,5-10,12H2. The van der Waals surface area contributed by atoms with E-state index in [1.165, 1.54) is 0 Å². The normalized spacial score (nSPS) is 16.4. The van der Waals surface area contributed by atoms with Crippen LogP contribution in [-0.2, 0) is 11.3 Å². The van der Waals surface area contributed by atoms with Crippen molar-refractivity contribution in [3.05, 3.63) is 34.9 Å². The summed E-state index contributed by atoms with van der Waals surface area (Å²) in [6.07, 6.45) is 1.97. The average molecular weight is 366 g/mol. The molecule has 0 unspecified atom stereocenters. The van der Waals surface area contributed by atoms with Crippen molar-refractivity contribution in [3.8, 4) is 0 Å². The molecule has 0 aliphatic carbocycles. The predicted octanol–water partition coefficient (Wildman–Crippen LogP) is 1.54. The summed E-state index contributed by atoms with van der Waals surface area (Å²) in [7, 11) is 0. The van der Waals surface area contributed by atoms with Gasteiger partial charge in [-0.05, 0) is 24.3 Å². The summed E-state index contributed by atoms with van der Waals surface area (Å²) in [5.74, 6) is 0.157. The number of aliphatic hydroxyl groups is 1. The van der Waals surface area contributed by atoms with E-state index in [1.54, 1.807) is 0 Å². The van der Waals surface area contributed by atoms with Gasteiger partial charge in [0, 0.05) is 54.3 Å². The lowest BCUT2D eigenvalue weighted by Crippen LogP contribution is -2.50. The van der Waals surface area contributed by atoms with Crippen LogP contribution in [0.1, 0.15) is 0 Å². The van der Waals surface area contributed by atoms with Crippen LogP contribution in [0.3, 0.4) is 0 Å². The highest BCUT2D eigenvalue weighted by Crippen LogP contribution is 2.21. The topological polar surface area (TPSA) is 48.7 Å². The van der Waals surface area contributed by atoms with Crippen LogP contribution < -0.4 is 0 Å². The van der Waals surface area contributed by atoms with Crippen molar-refractivity contribution >= 4 is 32.7 Å². The number of carbonyl (C=O) groups is 1. The van der Waals surface area contributed by atoms with Gasteiger partial charge in [0.05, 0.1) is 6.61 Å². The smallest absolute Gasteiger partial charge is 0.242 e. The Morgan fingerprint density at radius 2 is 1.95 bits per heavy atom. The fourth-order valence-corrected chi connectivity index (χ4v) is 3.30. The molecule has 118 valence electrons. The molecule has 0 radical (unpaired) electrons. The lowest BCUT2D eigenvalue weighted by molar-refractivity contribution is -0.133. The number of benzene rings is 1. The van der Waals surface area contributed by atoms with Crippen LogP contribution in [0.5, 0.6) is 0 Å². The Hall–Kier alpha value is -1.37. The fraction of sp³-hybridized carbons (Fsp3) is 0.438. The molecule has 1 aromatic carbocycles. The Bertz CT molecular complexity index is 662. The van der Waals surface area contributed by atoms with Crippen LogP contribution in [0.25, 0.3) is 10.9 Å². The van der Waals surface area contributed by atoms with E-state index in [0.717, 1.165) is 41.6 Å². The predicted molar refractivity (Wildman–Crippen MR) is 89.7 cm³/mol. The zero-order chi connectivity index (χ0) is 15.5. The zero-order valence-electron chi connectivity index (χ0n) is 12.4. The number of carbonyl (C=O) groups excluding carboxylic acids is 1. The van der Waals surface area contributed by atoms with Gasteiger partial charge in [-0.3, -0.25) is 9.69 Å². The summed E-state index contributed by atoms with van der Waals surface area (Å²) >= 11 is 3.47. The van der Waals surface area contributed by atoms with E-state index in [-0.39, 0.29) is 12.5 Å². The Balaban J connectivity index is 1.64. The number of halogens is 1. The second kappa shape index (κ2) is 6.81. The number of hydrogen-bond donors (Lipinski definition) is 1. The minimum Gasteiger partial charge on any atom is -0.395 e. The zero-order valence-corrected chi connectivity index (χ0v) is 14.0. The molecule has 22 heavy (non-hydrogen) atoms. The van der Waals surface area contributed by atoms with Crippen molar-refractivity contribution in [1.29, 1.82) is 0 Å². The van der Waals surface area contributed by atoms with Crippen molar-refractivity contribution in [2.75, 3.05) is 39.3 Å². The maximum atomic E-state index is 12.5. The molecular formula is C16H20BrN3O2. The number of fused-ring (bicyclic) bond motifs is 1. The first-order valence-electron chi connectivity index (χ1n) is 7.53. The fourth-order valence-electron chi connectivity index (χ4n) is 2.92. The van der Waals surface area contributed by atoms with E-state index < -0.39 is 0 Å². The van der Waals surface area contributed by atoms with Gasteiger partial charge in [-0.1, -0.05) is 15.9 Å². The molecule has 1 aromatic heterocycles. The average Bonchev–Trinajstić information content (AvgIpc) is 2.90. The van der Waals surface area contributed by atoms with Crippen LogP contribution in [0.2, 0.25) is 0 Å². The molecule has 1 aliphatic heterocycles. The number of nitrogens with zero attached hydrogens (tertiary/aromatic N) is 3. The summed E-state index contributed by atoms with van der Waals surface area (Å²) in [5.41, 5.74) is 1.08. The number of piperazine rings is 1. The maximum absolute atomic E-state index is 12.5. The minimum absolute atomic E-state index is 0.157. The van der Waals surface area contributed by atoms with E-state index in [4.69, 9.17) is 5.11 Å². The van der Waals surface area contributed by atoms with Crippen LogP contribution in [0, 0.1) is 0 Å². The summed E-state index contributed by atoms with van der Waals surface area (Å²) in [5, 5.41) is 10.1. The van der Waals surface area contributed by atoms with Crippen molar-refractivity contribution in [1.82, 2.24) is 14.4 Å². The maximum Gasteiger partial charge on any atom is 0.242 e. The van der Waals surface area contributed by atoms with Gasteiger partial charge in [0.2, 0.25) is 5.91 Å². The number of aromatic nitrogens is 1. The number of aliphatic hydroxyl groups excluding tert-OH is 1. The van der Waals surface area contributed by atoms with Crippen LogP contribution in [-0.4, -0.2) is 64.7 Å². The van der Waals surface area contributed by atoms with Crippen LogP contribution >= 0.6 is 15.9 Å². The quantitative estimate of drug-likeness (QED) is 0.893. The minimum atomic E-state index is 0.157. The van der Waals surface area contributed by atoms with Gasteiger partial charge in [-0.25, -0.2) is 0 Å². The van der Waals surface area contributed by atoms with Crippen molar-refractivity contribution in [3.63, 3.8) is 0 Å². The SMILES string of the molecule is O=C(Cn1ccc2cc(Br)ccc21)N1CCN(CCO)CC1. The molecule has 2 heterocycles. The molecule has 1 N–H and O–H groups in total. The first-order chi connectivity index (χ1) is 10.7. The lowest BCUT2D eigenvalue weighted by Gasteiger charge is -2.34. The van der Waals surface area contributed by atoms with E-state index >= 15 is 0 Å². The Labute approximate surface area is 138 Å². The molecule has 5 nitrogen and oxygen atoms in total. The summed E-state index contributed by atoms with van der Waals surface area (Å²) in [6, 6.07) is 8.12. The second-order valence-electron chi connectivity index (χ2n) is 5.59. The number of rotatable bonds is 4. The molecule has 3 rings (SSSR count). The Morgan fingerprint density at radius 3 is 2.68 bits per heavy atom. The first kappa shape index (κ1) is 15.5. The van der Waals surface area contributed by atoms with Crippen molar-refractivity contribution in [2.45, 2.75) is 6.54 Å². The third-order valence-electron chi connectivity index (χ3n) is 4.18. The molecule has 1 aliphatic rings. The Kier molecular flexibility index (Phi) is 4.81. The van der Waals surface area contributed by atoms with Gasteiger partial charge >= 0.3 is 0 Å². The van der Waals surface area contributed by atoms with E-state index in [0.29, 0.717) is 13.1 Å². The summed E-state index contributed by atoms with van der Waals surface area (Å²) in [6.45, 7) is 4.41. The molecule has 0 saturated carbocycles. The Morgan fingerprint density at radius 1 is 1.18 bits per heavy atom. The van der Waals surface area contributed by atoms with E-state index in [1.807, 2.05) is 33.9 Å². The van der Waals surface area contributed by atoms with Gasteiger partial charge in [0.25, 0.3) is 0 Å². The van der Waals surface area contributed by atoms with Gasteiger partial charge in [0.15, 0.2) is 0 Å². The van der Waals surface area contributed by atoms with E-state index in [9.17, 15) is 4.79 Å². The third kappa shape index (κ3) is 3.34. The summed E-state index contributed by atoms with van der Waals surface area (Å²) < 4.78 is 3.05. The molecule has 0 spiro atoms. The number of amides is 1. The van der Waals surface area contributed by atoms with Crippen LogP contribution in [0.4, 0.5) is 0 Å². The van der Waals surface area contributed by atoms with Gasteiger partial charge in [-0.15, -0.1) is 0 Å². The highest BCUT2D eigenvalue weighted by molar-refractivity contribution is 9.10. The monoisotopic (exact) mass is 365 g/mol. The van der Waals surface area contributed by atoms with E-state index in [2.05, 4.69) is 26.9 Å². The molecule has 2 aromatic rings. The molecule has 1 fully saturated rings. The summed E-state index contributed by atoms with van der Waals surface area (Å²) in [4.78, 5) is 16.6. The first-order valence-corrected chi connectivity index (χ1v) is 8.32. The largest absolute Gasteiger partial charge is 0.395 e. The van der Waals surface area contributed by atoms with Gasteiger partial charge in [0.1, 0.15) is 6.54 Å². The highest BCUT2D eigenvalue weighted by atomic mass is 79.9. The van der Waals surface area contributed by atoms with Crippen LogP contribution in [0.15, 0.2) is 34.9 Å². The molecule has 6 heteroatoms. The molecule has 0 bridgehead atoms. The molecular weight excluding hydrogens is 346 g/mol. The second-order valence-corrected chi connectivity index (χ2v) is 6.51. The highest BCUT2D eigenvalue weighted by Gasteiger charge is 2.21. The molecule has 1 amide bonds. The van der Waals surface area contributed by atoms with Crippen molar-refractivity contribution in [2.24, 2.45) is 0 Å². The molecule has 1 saturated heterocycles. The van der Waals surface area contributed by atoms with Gasteiger partial charge in [-0.2, -0.15) is 0 Å². The number of β-amino-alcohol motifs (C(OH)–C–C–N with tert-alkyl or cyclic N) is 1. The molecule has 0 atom stereocenters. The lowest BCUT2D eigenvalue weighted by atomic mass is 10.2. The van der Waals surface area contributed by atoms with Gasteiger partial charge < -0.3 is 14.6 Å². The number of hydrogen-bond acceptors (Lipinski definition) is 3. The third-order valence-corrected chi connectivity index (χ3v) is 4.67. The van der Waals surface area contributed by atoms with Crippen molar-refractivity contribution < 1.29 is 9.90 Å².